The molecule has 1 aliphatic rings. The van der Waals surface area contributed by atoms with Gasteiger partial charge in [-0.15, -0.1) is 0 Å². The van der Waals surface area contributed by atoms with Gasteiger partial charge in [0.05, 0.1) is 0 Å². The topological polar surface area (TPSA) is 63.4 Å². The molecule has 1 aliphatic heterocycles. The Morgan fingerprint density at radius 1 is 1.43 bits per heavy atom. The van der Waals surface area contributed by atoms with Crippen molar-refractivity contribution in [1.82, 2.24) is 4.90 Å². The van der Waals surface area contributed by atoms with E-state index in [1.165, 1.54) is 0 Å². The summed E-state index contributed by atoms with van der Waals surface area (Å²) in [7, 11) is 0. The average Bonchev–Trinajstić information content (AvgIpc) is 2.79. The summed E-state index contributed by atoms with van der Waals surface area (Å²) in [5.41, 5.74) is 6.47. The Labute approximate surface area is 130 Å². The van der Waals surface area contributed by atoms with Crippen molar-refractivity contribution in [2.75, 3.05) is 6.54 Å². The van der Waals surface area contributed by atoms with Crippen LogP contribution in [0, 0.1) is 5.92 Å². The molecule has 21 heavy (non-hydrogen) atoms. The van der Waals surface area contributed by atoms with Crippen LogP contribution in [-0.2, 0) is 16.0 Å². The first kappa shape index (κ1) is 15.8. The van der Waals surface area contributed by atoms with Crippen molar-refractivity contribution in [3.8, 4) is 0 Å². The molecule has 0 bridgehead atoms. The number of hydrogen-bond acceptors (Lipinski definition) is 2. The Balaban J connectivity index is 2.10. The van der Waals surface area contributed by atoms with Crippen LogP contribution in [0.25, 0.3) is 0 Å². The molecule has 5 heteroatoms. The van der Waals surface area contributed by atoms with Crippen LogP contribution in [0.5, 0.6) is 0 Å². The molecule has 1 aromatic carbocycles. The van der Waals surface area contributed by atoms with E-state index in [0.29, 0.717) is 30.3 Å². The van der Waals surface area contributed by atoms with Gasteiger partial charge in [0, 0.05) is 24.4 Å². The summed E-state index contributed by atoms with van der Waals surface area (Å²) in [5.74, 6) is -0.0729. The third kappa shape index (κ3) is 3.97. The van der Waals surface area contributed by atoms with Gasteiger partial charge in [-0.05, 0) is 30.0 Å². The van der Waals surface area contributed by atoms with Gasteiger partial charge in [-0.25, -0.2) is 0 Å². The molecule has 2 amide bonds. The summed E-state index contributed by atoms with van der Waals surface area (Å²) in [5, 5.41) is 0.648. The molecule has 2 rings (SSSR count). The Morgan fingerprint density at radius 2 is 2.10 bits per heavy atom. The number of carbonyl (C=O) groups excluding carboxylic acids is 2. The summed E-state index contributed by atoms with van der Waals surface area (Å²) in [6, 6.07) is 6.71. The number of benzene rings is 1. The van der Waals surface area contributed by atoms with Gasteiger partial charge >= 0.3 is 0 Å². The number of primary amides is 1. The van der Waals surface area contributed by atoms with Crippen LogP contribution < -0.4 is 5.73 Å². The van der Waals surface area contributed by atoms with Crippen LogP contribution in [0.2, 0.25) is 5.02 Å². The first-order valence-corrected chi connectivity index (χ1v) is 7.72. The minimum absolute atomic E-state index is 0.0335. The summed E-state index contributed by atoms with van der Waals surface area (Å²) >= 11 is 5.86. The third-order valence-corrected chi connectivity index (χ3v) is 4.23. The third-order valence-electron chi connectivity index (χ3n) is 3.98. The van der Waals surface area contributed by atoms with E-state index in [4.69, 9.17) is 17.3 Å². The van der Waals surface area contributed by atoms with Gasteiger partial charge in [0.15, 0.2) is 0 Å². The highest BCUT2D eigenvalue weighted by Gasteiger charge is 2.36. The van der Waals surface area contributed by atoms with Crippen molar-refractivity contribution in [3.05, 3.63) is 34.9 Å². The standard InChI is InChI=1S/C16H21ClN2O2/c1-2-3-12-9-15(20)19(10-12)14(16(18)21)8-11-4-6-13(17)7-5-11/h4-7,12,14H,2-3,8-10H2,1H3,(H2,18,21). The van der Waals surface area contributed by atoms with E-state index in [1.54, 1.807) is 17.0 Å². The molecule has 0 saturated carbocycles. The highest BCUT2D eigenvalue weighted by atomic mass is 35.5. The van der Waals surface area contributed by atoms with Gasteiger partial charge in [0.25, 0.3) is 0 Å². The monoisotopic (exact) mass is 308 g/mol. The fraction of sp³-hybridized carbons (Fsp3) is 0.500. The highest BCUT2D eigenvalue weighted by molar-refractivity contribution is 6.30. The van der Waals surface area contributed by atoms with Crippen molar-refractivity contribution >= 4 is 23.4 Å². The van der Waals surface area contributed by atoms with Crippen molar-refractivity contribution in [2.24, 2.45) is 11.7 Å². The predicted octanol–water partition coefficient (Wildman–Crippen LogP) is 2.39. The van der Waals surface area contributed by atoms with Crippen molar-refractivity contribution in [3.63, 3.8) is 0 Å². The zero-order valence-electron chi connectivity index (χ0n) is 12.2. The molecular formula is C16H21ClN2O2. The van der Waals surface area contributed by atoms with Crippen molar-refractivity contribution in [1.29, 1.82) is 0 Å². The minimum atomic E-state index is -0.569. The van der Waals surface area contributed by atoms with Crippen LogP contribution in [0.4, 0.5) is 0 Å². The van der Waals surface area contributed by atoms with Crippen molar-refractivity contribution in [2.45, 2.75) is 38.6 Å². The van der Waals surface area contributed by atoms with Gasteiger partial charge in [-0.3, -0.25) is 9.59 Å². The summed E-state index contributed by atoms with van der Waals surface area (Å²) in [6.45, 7) is 2.74. The first-order valence-electron chi connectivity index (χ1n) is 7.34. The molecule has 2 N–H and O–H groups in total. The second kappa shape index (κ2) is 6.94. The summed E-state index contributed by atoms with van der Waals surface area (Å²) < 4.78 is 0. The number of nitrogens with two attached hydrogens (primary N) is 1. The van der Waals surface area contributed by atoms with Crippen LogP contribution >= 0.6 is 11.6 Å². The van der Waals surface area contributed by atoms with Crippen LogP contribution in [0.3, 0.4) is 0 Å². The van der Waals surface area contributed by atoms with Crippen LogP contribution in [0.15, 0.2) is 24.3 Å². The SMILES string of the molecule is CCCC1CC(=O)N(C(Cc2ccc(Cl)cc2)C(N)=O)C1. The summed E-state index contributed by atoms with van der Waals surface area (Å²) in [4.78, 5) is 25.6. The molecule has 1 fully saturated rings. The average molecular weight is 309 g/mol. The smallest absolute Gasteiger partial charge is 0.240 e. The molecule has 0 spiro atoms. The molecule has 2 unspecified atom stereocenters. The van der Waals surface area contributed by atoms with E-state index in [1.807, 2.05) is 12.1 Å². The van der Waals surface area contributed by atoms with E-state index < -0.39 is 11.9 Å². The van der Waals surface area contributed by atoms with Crippen LogP contribution in [0.1, 0.15) is 31.7 Å². The molecule has 1 heterocycles. The summed E-state index contributed by atoms with van der Waals surface area (Å²) in [6.07, 6.45) is 3.02. The van der Waals surface area contributed by atoms with E-state index in [2.05, 4.69) is 6.92 Å². The lowest BCUT2D eigenvalue weighted by Gasteiger charge is -2.25. The van der Waals surface area contributed by atoms with E-state index in [9.17, 15) is 9.59 Å². The molecule has 0 aromatic heterocycles. The number of nitrogens with zero attached hydrogens (tertiary/aromatic N) is 1. The zero-order chi connectivity index (χ0) is 15.4. The number of halogens is 1. The number of hydrogen-bond donors (Lipinski definition) is 1. The molecule has 0 aliphatic carbocycles. The lowest BCUT2D eigenvalue weighted by atomic mass is 10.0. The Kier molecular flexibility index (Phi) is 5.23. The van der Waals surface area contributed by atoms with Gasteiger partial charge in [-0.1, -0.05) is 37.1 Å². The Hall–Kier alpha value is -1.55. The Bertz CT molecular complexity index is 516. The fourth-order valence-corrected chi connectivity index (χ4v) is 3.05. The normalized spacial score (nSPS) is 19.8. The lowest BCUT2D eigenvalue weighted by Crippen LogP contribution is -2.47. The molecule has 1 aromatic rings. The lowest BCUT2D eigenvalue weighted by molar-refractivity contribution is -0.136. The van der Waals surface area contributed by atoms with Gasteiger partial charge in [0.1, 0.15) is 6.04 Å². The fourth-order valence-electron chi connectivity index (χ4n) is 2.92. The number of carbonyl (C=O) groups is 2. The number of likely N-dealkylation sites (tertiary alicyclic amines) is 1. The second-order valence-electron chi connectivity index (χ2n) is 5.65. The molecular weight excluding hydrogens is 288 g/mol. The molecule has 4 nitrogen and oxygen atoms in total. The van der Waals surface area contributed by atoms with E-state index >= 15 is 0 Å². The maximum atomic E-state index is 12.1. The number of amides is 2. The molecule has 0 radical (unpaired) electrons. The maximum Gasteiger partial charge on any atom is 0.240 e. The van der Waals surface area contributed by atoms with E-state index in [-0.39, 0.29) is 5.91 Å². The van der Waals surface area contributed by atoms with Crippen LogP contribution in [-0.4, -0.2) is 29.3 Å². The quantitative estimate of drug-likeness (QED) is 0.877. The second-order valence-corrected chi connectivity index (χ2v) is 6.09. The van der Waals surface area contributed by atoms with Gasteiger partial charge < -0.3 is 10.6 Å². The van der Waals surface area contributed by atoms with Gasteiger partial charge in [-0.2, -0.15) is 0 Å². The van der Waals surface area contributed by atoms with E-state index in [0.717, 1.165) is 18.4 Å². The van der Waals surface area contributed by atoms with Crippen molar-refractivity contribution < 1.29 is 9.59 Å². The minimum Gasteiger partial charge on any atom is -0.368 e. The van der Waals surface area contributed by atoms with Gasteiger partial charge in [0.2, 0.25) is 11.8 Å². The largest absolute Gasteiger partial charge is 0.368 e. The molecule has 1 saturated heterocycles. The Morgan fingerprint density at radius 3 is 2.67 bits per heavy atom. The maximum absolute atomic E-state index is 12.1. The highest BCUT2D eigenvalue weighted by Crippen LogP contribution is 2.25. The molecule has 114 valence electrons. The first-order chi connectivity index (χ1) is 10.0. The predicted molar refractivity (Wildman–Crippen MR) is 82.9 cm³/mol. The zero-order valence-corrected chi connectivity index (χ0v) is 13.0. The molecule has 2 atom stereocenters. The number of rotatable bonds is 6.